The van der Waals surface area contributed by atoms with Crippen LogP contribution in [0, 0.1) is 0 Å². The van der Waals surface area contributed by atoms with E-state index >= 15 is 0 Å². The van der Waals surface area contributed by atoms with Crippen LogP contribution < -0.4 is 0 Å². The Hall–Kier alpha value is -3.15. The Morgan fingerprint density at radius 3 is 0.877 bits per heavy atom. The molecule has 0 aliphatic carbocycles. The second kappa shape index (κ2) is 61.4. The van der Waals surface area contributed by atoms with E-state index < -0.39 is 6.10 Å². The topological polar surface area (TPSA) is 78.9 Å². The largest absolute Gasteiger partial charge is 0.462 e. The molecule has 0 rings (SSSR count). The van der Waals surface area contributed by atoms with Crippen molar-refractivity contribution in [2.24, 2.45) is 0 Å². The maximum absolute atomic E-state index is 12.8. The first-order valence-electron chi connectivity index (χ1n) is 31.4. The normalized spacial score (nSPS) is 12.5. The maximum Gasteiger partial charge on any atom is 0.306 e. The summed E-state index contributed by atoms with van der Waals surface area (Å²) >= 11 is 0. The van der Waals surface area contributed by atoms with Gasteiger partial charge in [0, 0.05) is 19.3 Å². The molecule has 0 amide bonds. The molecule has 6 heteroatoms. The van der Waals surface area contributed by atoms with Crippen molar-refractivity contribution in [1.29, 1.82) is 0 Å². The first-order valence-corrected chi connectivity index (χ1v) is 31.4. The van der Waals surface area contributed by atoms with Crippen LogP contribution >= 0.6 is 0 Å². The van der Waals surface area contributed by atoms with Gasteiger partial charge in [0.05, 0.1) is 0 Å². The highest BCUT2D eigenvalue weighted by Gasteiger charge is 2.19. The van der Waals surface area contributed by atoms with Gasteiger partial charge in [-0.2, -0.15) is 0 Å². The summed E-state index contributed by atoms with van der Waals surface area (Å²) in [6, 6.07) is 0. The third-order valence-electron chi connectivity index (χ3n) is 13.7. The number of carbonyl (C=O) groups excluding carboxylic acids is 3. The summed E-state index contributed by atoms with van der Waals surface area (Å²) in [6.07, 6.45) is 79.3. The average Bonchev–Trinajstić information content (AvgIpc) is 3.39. The molecule has 0 spiro atoms. The second-order valence-corrected chi connectivity index (χ2v) is 20.9. The molecular weight excluding hydrogens is 901 g/mol. The van der Waals surface area contributed by atoms with Gasteiger partial charge in [-0.25, -0.2) is 0 Å². The summed E-state index contributed by atoms with van der Waals surface area (Å²) in [7, 11) is 0. The Balaban J connectivity index is 4.18. The monoisotopic (exact) mass is 1020 g/mol. The van der Waals surface area contributed by atoms with E-state index in [1.165, 1.54) is 180 Å². The highest BCUT2D eigenvalue weighted by atomic mass is 16.6. The third-order valence-corrected chi connectivity index (χ3v) is 13.7. The van der Waals surface area contributed by atoms with Crippen LogP contribution in [0.5, 0.6) is 0 Å². The Kier molecular flexibility index (Phi) is 58.7. The summed E-state index contributed by atoms with van der Waals surface area (Å²) in [5, 5.41) is 0. The van der Waals surface area contributed by atoms with E-state index in [1.54, 1.807) is 0 Å². The Morgan fingerprint density at radius 2 is 0.534 bits per heavy atom. The van der Waals surface area contributed by atoms with Crippen molar-refractivity contribution in [3.05, 3.63) is 72.9 Å². The van der Waals surface area contributed by atoms with E-state index in [1.807, 2.05) is 0 Å². The Labute approximate surface area is 453 Å². The lowest BCUT2D eigenvalue weighted by atomic mass is 10.0. The minimum Gasteiger partial charge on any atom is -0.462 e. The lowest BCUT2D eigenvalue weighted by molar-refractivity contribution is -0.167. The fraction of sp³-hybridized carbons (Fsp3) is 0.776. The molecule has 73 heavy (non-hydrogen) atoms. The molecule has 422 valence electrons. The van der Waals surface area contributed by atoms with Gasteiger partial charge in [0.1, 0.15) is 13.2 Å². The van der Waals surface area contributed by atoms with Gasteiger partial charge in [0.2, 0.25) is 0 Å². The van der Waals surface area contributed by atoms with Crippen molar-refractivity contribution >= 4 is 17.9 Å². The molecule has 0 radical (unpaired) electrons. The zero-order valence-corrected chi connectivity index (χ0v) is 48.4. The van der Waals surface area contributed by atoms with Crippen LogP contribution in [0.2, 0.25) is 0 Å². The lowest BCUT2D eigenvalue weighted by Crippen LogP contribution is -2.30. The second-order valence-electron chi connectivity index (χ2n) is 20.9. The minimum atomic E-state index is -0.793. The number of hydrogen-bond donors (Lipinski definition) is 0. The van der Waals surface area contributed by atoms with Gasteiger partial charge in [-0.05, 0) is 109 Å². The molecule has 0 aromatic heterocycles. The molecule has 0 aliphatic heterocycles. The van der Waals surface area contributed by atoms with Gasteiger partial charge in [0.15, 0.2) is 6.10 Å². The zero-order valence-electron chi connectivity index (χ0n) is 48.4. The standard InChI is InChI=1S/C67H118O6/c1-4-7-10-13-16-19-22-25-26-27-28-29-30-31-32-33-34-35-36-37-38-39-40-43-45-48-51-54-57-60-66(69)72-63-64(73-67(70)61-58-55-52-49-46-42-24-21-18-15-12-9-6-3)62-71-65(68)59-56-53-50-47-44-41-23-20-17-14-11-8-5-2/h9,12,18,20-23,25,27-28,42,46,64H,4-8,10-11,13-17,19,24,26,29-41,43-45,47-63H2,1-3H3/b12-9-,21-18-,23-20-,25-22-,28-27-,46-42-. The molecule has 0 saturated carbocycles. The number of allylic oxidation sites excluding steroid dienone is 12. The van der Waals surface area contributed by atoms with Crippen LogP contribution in [0.25, 0.3) is 0 Å². The molecule has 6 nitrogen and oxygen atoms in total. The molecule has 0 fully saturated rings. The maximum atomic E-state index is 12.8. The first-order chi connectivity index (χ1) is 36.0. The number of esters is 3. The van der Waals surface area contributed by atoms with Gasteiger partial charge < -0.3 is 14.2 Å². The molecule has 0 N–H and O–H groups in total. The highest BCUT2D eigenvalue weighted by molar-refractivity contribution is 5.71. The molecule has 0 aromatic carbocycles. The highest BCUT2D eigenvalue weighted by Crippen LogP contribution is 2.16. The van der Waals surface area contributed by atoms with Crippen molar-refractivity contribution < 1.29 is 28.6 Å². The van der Waals surface area contributed by atoms with Crippen molar-refractivity contribution in [3.8, 4) is 0 Å². The van der Waals surface area contributed by atoms with Crippen LogP contribution in [0.3, 0.4) is 0 Å². The molecular formula is C67H118O6. The summed E-state index contributed by atoms with van der Waals surface area (Å²) in [4.78, 5) is 38.2. The van der Waals surface area contributed by atoms with Crippen molar-refractivity contribution in [2.75, 3.05) is 13.2 Å². The van der Waals surface area contributed by atoms with Crippen LogP contribution in [-0.4, -0.2) is 37.2 Å². The predicted octanol–water partition coefficient (Wildman–Crippen LogP) is 21.3. The van der Waals surface area contributed by atoms with Crippen molar-refractivity contribution in [1.82, 2.24) is 0 Å². The summed E-state index contributed by atoms with van der Waals surface area (Å²) in [6.45, 7) is 6.49. The molecule has 0 saturated heterocycles. The summed E-state index contributed by atoms with van der Waals surface area (Å²) in [5.41, 5.74) is 0. The smallest absolute Gasteiger partial charge is 0.306 e. The molecule has 1 unspecified atom stereocenters. The Morgan fingerprint density at radius 1 is 0.288 bits per heavy atom. The summed E-state index contributed by atoms with van der Waals surface area (Å²) < 4.78 is 16.8. The lowest BCUT2D eigenvalue weighted by Gasteiger charge is -2.18. The van der Waals surface area contributed by atoms with E-state index in [9.17, 15) is 14.4 Å². The molecule has 0 heterocycles. The molecule has 0 aromatic rings. The van der Waals surface area contributed by atoms with E-state index in [0.29, 0.717) is 19.3 Å². The van der Waals surface area contributed by atoms with Crippen LogP contribution in [0.4, 0.5) is 0 Å². The summed E-state index contributed by atoms with van der Waals surface area (Å²) in [5.74, 6) is -0.916. The third kappa shape index (κ3) is 59.6. The van der Waals surface area contributed by atoms with E-state index in [0.717, 1.165) is 96.3 Å². The number of unbranched alkanes of at least 4 members (excludes halogenated alkanes) is 34. The number of carbonyl (C=O) groups is 3. The van der Waals surface area contributed by atoms with Crippen molar-refractivity contribution in [3.63, 3.8) is 0 Å². The fourth-order valence-corrected chi connectivity index (χ4v) is 8.95. The molecule has 0 aliphatic rings. The average molecular weight is 1020 g/mol. The SMILES string of the molecule is CC/C=C\C/C=C\C/C=C\CCCCCC(=O)OC(COC(=O)CCCCCCC/C=C\CCCCCC)COC(=O)CCCCCCCCCCCCCCCCCCC/C=C\C/C=C\CCCCCCC. The van der Waals surface area contributed by atoms with Crippen molar-refractivity contribution in [2.45, 2.75) is 322 Å². The quantitative estimate of drug-likeness (QED) is 0.0261. The number of ether oxygens (including phenoxy) is 3. The van der Waals surface area contributed by atoms with E-state index in [2.05, 4.69) is 93.7 Å². The van der Waals surface area contributed by atoms with Crippen LogP contribution in [0.1, 0.15) is 316 Å². The fourth-order valence-electron chi connectivity index (χ4n) is 8.95. The van der Waals surface area contributed by atoms with Gasteiger partial charge in [0.25, 0.3) is 0 Å². The van der Waals surface area contributed by atoms with E-state index in [4.69, 9.17) is 14.2 Å². The van der Waals surface area contributed by atoms with Gasteiger partial charge in [-0.1, -0.05) is 261 Å². The minimum absolute atomic E-state index is 0.0878. The number of hydrogen-bond acceptors (Lipinski definition) is 6. The van der Waals surface area contributed by atoms with Crippen LogP contribution in [-0.2, 0) is 28.6 Å². The van der Waals surface area contributed by atoms with Gasteiger partial charge in [-0.15, -0.1) is 0 Å². The van der Waals surface area contributed by atoms with E-state index in [-0.39, 0.29) is 31.1 Å². The first kappa shape index (κ1) is 69.8. The molecule has 1 atom stereocenters. The number of rotatable bonds is 57. The van der Waals surface area contributed by atoms with Gasteiger partial charge >= 0.3 is 17.9 Å². The van der Waals surface area contributed by atoms with Crippen LogP contribution in [0.15, 0.2) is 72.9 Å². The zero-order chi connectivity index (χ0) is 52.9. The van der Waals surface area contributed by atoms with Gasteiger partial charge in [-0.3, -0.25) is 14.4 Å². The molecule has 0 bridgehead atoms. The predicted molar refractivity (Wildman–Crippen MR) is 316 cm³/mol. The Bertz CT molecular complexity index is 1360.